The number of esters is 1. The SMILES string of the molecule is CCOC(=O)c1c(SC)nn(-c2c(F)cccc2Cl)c1N. The number of nitrogens with zero attached hydrogens (tertiary/aromatic N) is 2. The van der Waals surface area contributed by atoms with Gasteiger partial charge in [0, 0.05) is 0 Å². The molecule has 0 radical (unpaired) electrons. The third kappa shape index (κ3) is 2.84. The number of anilines is 1. The van der Waals surface area contributed by atoms with Gasteiger partial charge in [0.05, 0.1) is 11.6 Å². The number of halogens is 2. The molecule has 0 aliphatic heterocycles. The largest absolute Gasteiger partial charge is 0.462 e. The maximum absolute atomic E-state index is 14.0. The summed E-state index contributed by atoms with van der Waals surface area (Å²) in [6, 6.07) is 4.23. The van der Waals surface area contributed by atoms with E-state index in [9.17, 15) is 9.18 Å². The second kappa shape index (κ2) is 6.36. The Balaban J connectivity index is 2.64. The zero-order valence-electron chi connectivity index (χ0n) is 11.4. The van der Waals surface area contributed by atoms with E-state index in [4.69, 9.17) is 22.1 Å². The second-order valence-corrected chi connectivity index (χ2v) is 5.17. The molecule has 0 bridgehead atoms. The van der Waals surface area contributed by atoms with Gasteiger partial charge < -0.3 is 10.5 Å². The summed E-state index contributed by atoms with van der Waals surface area (Å²) in [7, 11) is 0. The highest BCUT2D eigenvalue weighted by molar-refractivity contribution is 7.98. The summed E-state index contributed by atoms with van der Waals surface area (Å²) in [4.78, 5) is 12.0. The Bertz CT molecular complexity index is 670. The van der Waals surface area contributed by atoms with Crippen LogP contribution in [0.25, 0.3) is 5.69 Å². The number of rotatable bonds is 4. The van der Waals surface area contributed by atoms with Crippen LogP contribution in [-0.2, 0) is 4.74 Å². The van der Waals surface area contributed by atoms with Crippen LogP contribution in [0.2, 0.25) is 5.02 Å². The summed E-state index contributed by atoms with van der Waals surface area (Å²) in [5.41, 5.74) is 6.06. The summed E-state index contributed by atoms with van der Waals surface area (Å²) in [5, 5.41) is 4.65. The lowest BCUT2D eigenvalue weighted by molar-refractivity contribution is 0.0523. The van der Waals surface area contributed by atoms with Crippen LogP contribution in [0.15, 0.2) is 23.2 Å². The predicted octanol–water partition coefficient (Wildman–Crippen LogP) is 3.15. The Hall–Kier alpha value is -1.73. The normalized spacial score (nSPS) is 10.7. The van der Waals surface area contributed by atoms with Gasteiger partial charge in [0.1, 0.15) is 27.9 Å². The fourth-order valence-corrected chi connectivity index (χ4v) is 2.61. The van der Waals surface area contributed by atoms with Crippen LogP contribution >= 0.6 is 23.4 Å². The molecule has 0 amide bonds. The van der Waals surface area contributed by atoms with Crippen molar-refractivity contribution in [2.75, 3.05) is 18.6 Å². The van der Waals surface area contributed by atoms with Crippen molar-refractivity contribution in [2.45, 2.75) is 11.9 Å². The van der Waals surface area contributed by atoms with Gasteiger partial charge in [-0.2, -0.15) is 5.10 Å². The van der Waals surface area contributed by atoms with E-state index in [1.54, 1.807) is 13.2 Å². The molecule has 0 atom stereocenters. The molecule has 2 rings (SSSR count). The van der Waals surface area contributed by atoms with Crippen LogP contribution in [0.5, 0.6) is 0 Å². The van der Waals surface area contributed by atoms with Crippen molar-refractivity contribution in [1.29, 1.82) is 0 Å². The molecule has 2 N–H and O–H groups in total. The molecule has 8 heteroatoms. The number of aromatic nitrogens is 2. The average Bonchev–Trinajstić information content (AvgIpc) is 2.76. The molecule has 21 heavy (non-hydrogen) atoms. The third-order valence-corrected chi connectivity index (χ3v) is 3.69. The lowest BCUT2D eigenvalue weighted by atomic mass is 10.3. The second-order valence-electron chi connectivity index (χ2n) is 3.97. The summed E-state index contributed by atoms with van der Waals surface area (Å²) < 4.78 is 20.1. The number of carbonyl (C=O) groups excluding carboxylic acids is 1. The first-order valence-corrected chi connectivity index (χ1v) is 7.65. The van der Waals surface area contributed by atoms with E-state index < -0.39 is 11.8 Å². The van der Waals surface area contributed by atoms with Crippen LogP contribution in [0.4, 0.5) is 10.2 Å². The number of nitrogen functional groups attached to an aromatic ring is 1. The van der Waals surface area contributed by atoms with E-state index in [2.05, 4.69) is 5.10 Å². The van der Waals surface area contributed by atoms with Gasteiger partial charge in [-0.05, 0) is 25.3 Å². The molecule has 0 aliphatic rings. The first-order chi connectivity index (χ1) is 10.0. The van der Waals surface area contributed by atoms with Gasteiger partial charge in [-0.3, -0.25) is 0 Å². The van der Waals surface area contributed by atoms with Crippen LogP contribution in [-0.4, -0.2) is 28.6 Å². The Morgan fingerprint density at radius 2 is 2.29 bits per heavy atom. The average molecular weight is 330 g/mol. The number of para-hydroxylation sites is 1. The molecular formula is C13H13ClFN3O2S. The van der Waals surface area contributed by atoms with E-state index in [0.717, 1.165) is 4.68 Å². The lowest BCUT2D eigenvalue weighted by Gasteiger charge is -2.08. The van der Waals surface area contributed by atoms with E-state index in [1.807, 2.05) is 0 Å². The number of ether oxygens (including phenoxy) is 1. The molecule has 2 aromatic rings. The highest BCUT2D eigenvalue weighted by Gasteiger charge is 2.25. The first kappa shape index (κ1) is 15.7. The maximum Gasteiger partial charge on any atom is 0.344 e. The number of hydrogen-bond donors (Lipinski definition) is 1. The number of nitrogens with two attached hydrogens (primary N) is 1. The van der Waals surface area contributed by atoms with Crippen LogP contribution in [0, 0.1) is 5.82 Å². The Morgan fingerprint density at radius 1 is 1.57 bits per heavy atom. The summed E-state index contributed by atoms with van der Waals surface area (Å²) in [6.45, 7) is 1.89. The molecule has 0 unspecified atom stereocenters. The molecule has 1 aromatic heterocycles. The van der Waals surface area contributed by atoms with Crippen molar-refractivity contribution in [2.24, 2.45) is 0 Å². The highest BCUT2D eigenvalue weighted by Crippen LogP contribution is 2.31. The van der Waals surface area contributed by atoms with Crippen LogP contribution < -0.4 is 5.73 Å². The molecule has 0 saturated carbocycles. The lowest BCUT2D eigenvalue weighted by Crippen LogP contribution is -2.10. The zero-order chi connectivity index (χ0) is 15.6. The molecule has 0 saturated heterocycles. The van der Waals surface area contributed by atoms with E-state index in [0.29, 0.717) is 5.03 Å². The van der Waals surface area contributed by atoms with Crippen molar-refractivity contribution in [3.8, 4) is 5.69 Å². The zero-order valence-corrected chi connectivity index (χ0v) is 13.0. The number of carbonyl (C=O) groups is 1. The van der Waals surface area contributed by atoms with Crippen LogP contribution in [0.1, 0.15) is 17.3 Å². The Morgan fingerprint density at radius 3 is 2.86 bits per heavy atom. The van der Waals surface area contributed by atoms with E-state index in [-0.39, 0.29) is 28.7 Å². The molecular weight excluding hydrogens is 317 g/mol. The molecule has 1 aromatic carbocycles. The number of hydrogen-bond acceptors (Lipinski definition) is 5. The molecule has 0 fully saturated rings. The smallest absolute Gasteiger partial charge is 0.344 e. The predicted molar refractivity (Wildman–Crippen MR) is 80.7 cm³/mol. The van der Waals surface area contributed by atoms with Gasteiger partial charge in [0.25, 0.3) is 0 Å². The standard InChI is InChI=1S/C13H13ClFN3O2S/c1-3-20-13(19)9-11(16)18(17-12(9)21-2)10-7(14)5-4-6-8(10)15/h4-6H,3,16H2,1-2H3. The van der Waals surface area contributed by atoms with Gasteiger partial charge in [0.2, 0.25) is 0 Å². The quantitative estimate of drug-likeness (QED) is 0.689. The van der Waals surface area contributed by atoms with Crippen molar-refractivity contribution in [1.82, 2.24) is 9.78 Å². The topological polar surface area (TPSA) is 70.1 Å². The van der Waals surface area contributed by atoms with Crippen molar-refractivity contribution < 1.29 is 13.9 Å². The minimum Gasteiger partial charge on any atom is -0.462 e. The molecule has 1 heterocycles. The monoisotopic (exact) mass is 329 g/mol. The van der Waals surface area contributed by atoms with Gasteiger partial charge >= 0.3 is 5.97 Å². The first-order valence-electron chi connectivity index (χ1n) is 6.05. The summed E-state index contributed by atoms with van der Waals surface area (Å²) in [5.74, 6) is -1.19. The van der Waals surface area contributed by atoms with Gasteiger partial charge in [-0.25, -0.2) is 13.9 Å². The maximum atomic E-state index is 14.0. The van der Waals surface area contributed by atoms with Gasteiger partial charge in [-0.15, -0.1) is 11.8 Å². The third-order valence-electron chi connectivity index (χ3n) is 2.71. The van der Waals surface area contributed by atoms with Gasteiger partial charge in [-0.1, -0.05) is 17.7 Å². The molecule has 0 aliphatic carbocycles. The van der Waals surface area contributed by atoms with Crippen molar-refractivity contribution >= 4 is 35.1 Å². The fraction of sp³-hybridized carbons (Fsp3) is 0.231. The Labute approximate surface area is 130 Å². The number of thioether (sulfide) groups is 1. The molecule has 112 valence electrons. The van der Waals surface area contributed by atoms with Gasteiger partial charge in [0.15, 0.2) is 0 Å². The van der Waals surface area contributed by atoms with Crippen molar-refractivity contribution in [3.05, 3.63) is 34.6 Å². The molecule has 0 spiro atoms. The van der Waals surface area contributed by atoms with Crippen molar-refractivity contribution in [3.63, 3.8) is 0 Å². The van der Waals surface area contributed by atoms with E-state index >= 15 is 0 Å². The van der Waals surface area contributed by atoms with E-state index in [1.165, 1.54) is 30.0 Å². The summed E-state index contributed by atoms with van der Waals surface area (Å²) in [6.07, 6.45) is 1.73. The Kier molecular flexibility index (Phi) is 4.74. The molecule has 5 nitrogen and oxygen atoms in total. The van der Waals surface area contributed by atoms with Crippen LogP contribution in [0.3, 0.4) is 0 Å². The minimum absolute atomic E-state index is 0.00233. The highest BCUT2D eigenvalue weighted by atomic mass is 35.5. The fourth-order valence-electron chi connectivity index (χ4n) is 1.81. The summed E-state index contributed by atoms with van der Waals surface area (Å²) >= 11 is 7.21. The minimum atomic E-state index is -0.599. The number of benzene rings is 1.